The summed E-state index contributed by atoms with van der Waals surface area (Å²) in [7, 11) is 0. The van der Waals surface area contributed by atoms with Crippen molar-refractivity contribution in [2.24, 2.45) is 0 Å². The van der Waals surface area contributed by atoms with Crippen molar-refractivity contribution in [3.63, 3.8) is 0 Å². The van der Waals surface area contributed by atoms with Gasteiger partial charge >= 0.3 is 0 Å². The van der Waals surface area contributed by atoms with Gasteiger partial charge in [-0.25, -0.2) is 9.97 Å². The zero-order valence-corrected chi connectivity index (χ0v) is 13.4. The second-order valence-electron chi connectivity index (χ2n) is 6.22. The lowest BCUT2D eigenvalue weighted by Crippen LogP contribution is -2.18. The summed E-state index contributed by atoms with van der Waals surface area (Å²) in [6.45, 7) is 4.64. The average Bonchev–Trinajstić information content (AvgIpc) is 2.96. The highest BCUT2D eigenvalue weighted by Crippen LogP contribution is 2.29. The van der Waals surface area contributed by atoms with Crippen LogP contribution >= 0.6 is 0 Å². The number of hydrogen-bond acceptors (Lipinski definition) is 3. The first-order chi connectivity index (χ1) is 11.3. The monoisotopic (exact) mass is 307 g/mol. The van der Waals surface area contributed by atoms with Crippen LogP contribution in [0.5, 0.6) is 0 Å². The van der Waals surface area contributed by atoms with Gasteiger partial charge in [0.2, 0.25) is 0 Å². The molecule has 1 saturated heterocycles. The number of ether oxygens (including phenoxy) is 1. The molecule has 1 aliphatic heterocycles. The summed E-state index contributed by atoms with van der Waals surface area (Å²) >= 11 is 0. The van der Waals surface area contributed by atoms with Crippen molar-refractivity contribution in [2.75, 3.05) is 13.2 Å². The molecule has 3 heterocycles. The SMILES string of the molecule is Cc1ccccc1Cn1c(C2CCOCC2)nc2cccnc21. The van der Waals surface area contributed by atoms with Crippen molar-refractivity contribution in [1.29, 1.82) is 0 Å². The van der Waals surface area contributed by atoms with E-state index in [4.69, 9.17) is 9.72 Å². The van der Waals surface area contributed by atoms with E-state index in [1.54, 1.807) is 0 Å². The van der Waals surface area contributed by atoms with Crippen LogP contribution in [-0.2, 0) is 11.3 Å². The highest BCUT2D eigenvalue weighted by molar-refractivity contribution is 5.71. The van der Waals surface area contributed by atoms with Crippen LogP contribution in [0.4, 0.5) is 0 Å². The van der Waals surface area contributed by atoms with E-state index in [1.807, 2.05) is 12.3 Å². The maximum atomic E-state index is 5.52. The average molecular weight is 307 g/mol. The van der Waals surface area contributed by atoms with Crippen molar-refractivity contribution in [2.45, 2.75) is 32.2 Å². The number of aromatic nitrogens is 3. The number of imidazole rings is 1. The molecule has 23 heavy (non-hydrogen) atoms. The Kier molecular flexibility index (Phi) is 3.83. The molecule has 2 aromatic heterocycles. The summed E-state index contributed by atoms with van der Waals surface area (Å²) in [5, 5.41) is 0. The number of rotatable bonds is 3. The molecular weight excluding hydrogens is 286 g/mol. The van der Waals surface area contributed by atoms with Crippen LogP contribution in [0.25, 0.3) is 11.2 Å². The van der Waals surface area contributed by atoms with Crippen LogP contribution in [-0.4, -0.2) is 27.7 Å². The topological polar surface area (TPSA) is 39.9 Å². The quantitative estimate of drug-likeness (QED) is 0.741. The maximum Gasteiger partial charge on any atom is 0.160 e. The number of nitrogens with zero attached hydrogens (tertiary/aromatic N) is 3. The van der Waals surface area contributed by atoms with Gasteiger partial charge in [0.25, 0.3) is 0 Å². The minimum Gasteiger partial charge on any atom is -0.381 e. The van der Waals surface area contributed by atoms with Gasteiger partial charge in [0.1, 0.15) is 11.3 Å². The van der Waals surface area contributed by atoms with Crippen LogP contribution in [0.15, 0.2) is 42.6 Å². The number of benzene rings is 1. The van der Waals surface area contributed by atoms with E-state index in [2.05, 4.69) is 46.8 Å². The molecule has 4 nitrogen and oxygen atoms in total. The van der Waals surface area contributed by atoms with Crippen LogP contribution in [0.3, 0.4) is 0 Å². The van der Waals surface area contributed by atoms with Crippen LogP contribution in [0.1, 0.15) is 35.7 Å². The van der Waals surface area contributed by atoms with Gasteiger partial charge in [-0.15, -0.1) is 0 Å². The van der Waals surface area contributed by atoms with Gasteiger partial charge < -0.3 is 9.30 Å². The van der Waals surface area contributed by atoms with Crippen molar-refractivity contribution >= 4 is 11.2 Å². The predicted octanol–water partition coefficient (Wildman–Crippen LogP) is 3.68. The fourth-order valence-corrected chi connectivity index (χ4v) is 3.36. The zero-order chi connectivity index (χ0) is 15.6. The summed E-state index contributed by atoms with van der Waals surface area (Å²) in [6, 6.07) is 12.6. The van der Waals surface area contributed by atoms with Crippen molar-refractivity contribution in [3.8, 4) is 0 Å². The Bertz CT molecular complexity index is 818. The summed E-state index contributed by atoms with van der Waals surface area (Å²) < 4.78 is 7.82. The molecule has 1 aliphatic rings. The maximum absolute atomic E-state index is 5.52. The largest absolute Gasteiger partial charge is 0.381 e. The minimum atomic E-state index is 0.460. The second-order valence-corrected chi connectivity index (χ2v) is 6.22. The van der Waals surface area contributed by atoms with Crippen LogP contribution in [0, 0.1) is 6.92 Å². The first-order valence-corrected chi connectivity index (χ1v) is 8.26. The summed E-state index contributed by atoms with van der Waals surface area (Å²) in [5.41, 5.74) is 4.61. The molecule has 1 aromatic carbocycles. The molecule has 0 aliphatic carbocycles. The molecule has 0 N–H and O–H groups in total. The molecule has 0 saturated carbocycles. The lowest BCUT2D eigenvalue weighted by molar-refractivity contribution is 0.0830. The van der Waals surface area contributed by atoms with Gasteiger partial charge in [-0.2, -0.15) is 0 Å². The van der Waals surface area contributed by atoms with Gasteiger partial charge in [-0.05, 0) is 43.0 Å². The normalized spacial score (nSPS) is 16.0. The summed E-state index contributed by atoms with van der Waals surface area (Å²) in [5.74, 6) is 1.62. The molecule has 0 unspecified atom stereocenters. The van der Waals surface area contributed by atoms with Crippen molar-refractivity contribution < 1.29 is 4.74 Å². The van der Waals surface area contributed by atoms with Crippen LogP contribution < -0.4 is 0 Å². The molecule has 0 spiro atoms. The number of aryl methyl sites for hydroxylation is 1. The Balaban J connectivity index is 1.81. The van der Waals surface area contributed by atoms with E-state index in [9.17, 15) is 0 Å². The third kappa shape index (κ3) is 2.75. The Labute approximate surface area is 136 Å². The summed E-state index contributed by atoms with van der Waals surface area (Å²) in [6.07, 6.45) is 3.93. The molecular formula is C19H21N3O. The van der Waals surface area contributed by atoms with E-state index in [-0.39, 0.29) is 0 Å². The molecule has 0 atom stereocenters. The third-order valence-electron chi connectivity index (χ3n) is 4.71. The first kappa shape index (κ1) is 14.4. The van der Waals surface area contributed by atoms with Gasteiger partial charge in [0.05, 0.1) is 6.54 Å². The van der Waals surface area contributed by atoms with Crippen molar-refractivity contribution in [3.05, 3.63) is 59.5 Å². The van der Waals surface area contributed by atoms with E-state index in [1.165, 1.54) is 11.1 Å². The standard InChI is InChI=1S/C19H21N3O/c1-14-5-2-3-6-16(14)13-22-18(15-8-11-23-12-9-15)21-17-7-4-10-20-19(17)22/h2-7,10,15H,8-9,11-13H2,1H3. The molecule has 4 rings (SSSR count). The molecule has 0 amide bonds. The van der Waals surface area contributed by atoms with Crippen molar-refractivity contribution in [1.82, 2.24) is 14.5 Å². The fourth-order valence-electron chi connectivity index (χ4n) is 3.36. The van der Waals surface area contributed by atoms with Gasteiger partial charge in [0, 0.05) is 25.3 Å². The highest BCUT2D eigenvalue weighted by atomic mass is 16.5. The van der Waals surface area contributed by atoms with Gasteiger partial charge in [-0.1, -0.05) is 24.3 Å². The van der Waals surface area contributed by atoms with E-state index in [0.717, 1.165) is 49.6 Å². The second kappa shape index (κ2) is 6.13. The highest BCUT2D eigenvalue weighted by Gasteiger charge is 2.23. The molecule has 3 aromatic rings. The lowest BCUT2D eigenvalue weighted by atomic mass is 9.99. The molecule has 0 bridgehead atoms. The predicted molar refractivity (Wildman–Crippen MR) is 90.6 cm³/mol. The Morgan fingerprint density at radius 2 is 1.96 bits per heavy atom. The minimum absolute atomic E-state index is 0.460. The Morgan fingerprint density at radius 3 is 2.78 bits per heavy atom. The fraction of sp³-hybridized carbons (Fsp3) is 0.368. The summed E-state index contributed by atoms with van der Waals surface area (Å²) in [4.78, 5) is 9.50. The zero-order valence-electron chi connectivity index (χ0n) is 13.4. The first-order valence-electron chi connectivity index (χ1n) is 8.26. The molecule has 118 valence electrons. The van der Waals surface area contributed by atoms with Gasteiger partial charge in [0.15, 0.2) is 5.65 Å². The van der Waals surface area contributed by atoms with E-state index < -0.39 is 0 Å². The van der Waals surface area contributed by atoms with E-state index >= 15 is 0 Å². The molecule has 4 heteroatoms. The third-order valence-corrected chi connectivity index (χ3v) is 4.71. The number of hydrogen-bond donors (Lipinski definition) is 0. The lowest BCUT2D eigenvalue weighted by Gasteiger charge is -2.22. The van der Waals surface area contributed by atoms with Crippen LogP contribution in [0.2, 0.25) is 0 Å². The molecule has 0 radical (unpaired) electrons. The Hall–Kier alpha value is -2.20. The van der Waals surface area contributed by atoms with Gasteiger partial charge in [-0.3, -0.25) is 0 Å². The Morgan fingerprint density at radius 1 is 1.13 bits per heavy atom. The smallest absolute Gasteiger partial charge is 0.160 e. The number of fused-ring (bicyclic) bond motifs is 1. The van der Waals surface area contributed by atoms with E-state index in [0.29, 0.717) is 5.92 Å². The number of pyridine rings is 1. The molecule has 1 fully saturated rings.